The van der Waals surface area contributed by atoms with Gasteiger partial charge in [-0.05, 0) is 60.3 Å². The Morgan fingerprint density at radius 1 is 1.05 bits per heavy atom. The van der Waals surface area contributed by atoms with E-state index in [2.05, 4.69) is 50.4 Å². The number of rotatable bonds is 3. The van der Waals surface area contributed by atoms with Gasteiger partial charge in [-0.15, -0.1) is 0 Å². The average Bonchev–Trinajstić information content (AvgIpc) is 3.56. The van der Waals surface area contributed by atoms with E-state index < -0.39 is 0 Å². The molecule has 9 nitrogen and oxygen atoms in total. The third-order valence-corrected chi connectivity index (χ3v) is 9.46. The van der Waals surface area contributed by atoms with Crippen molar-refractivity contribution in [2.24, 2.45) is 11.1 Å². The van der Waals surface area contributed by atoms with Crippen LogP contribution in [0.2, 0.25) is 0 Å². The summed E-state index contributed by atoms with van der Waals surface area (Å²) in [5.74, 6) is 1.45. The fourth-order valence-electron chi connectivity index (χ4n) is 7.20. The molecule has 1 atom stereocenters. The number of H-pyrrole nitrogens is 2. The molecular formula is C29H30N6O3. The molecule has 2 aliphatic heterocycles. The van der Waals surface area contributed by atoms with Crippen molar-refractivity contribution in [1.82, 2.24) is 20.2 Å². The Morgan fingerprint density at radius 3 is 2.71 bits per heavy atom. The highest BCUT2D eigenvalue weighted by atomic mass is 16.7. The molecule has 0 amide bonds. The van der Waals surface area contributed by atoms with E-state index >= 15 is 0 Å². The molecule has 8 rings (SSSR count). The summed E-state index contributed by atoms with van der Waals surface area (Å²) in [6.07, 6.45) is 4.78. The zero-order valence-electron chi connectivity index (χ0n) is 21.1. The van der Waals surface area contributed by atoms with Crippen LogP contribution in [0.25, 0.3) is 11.0 Å². The van der Waals surface area contributed by atoms with Crippen molar-refractivity contribution < 1.29 is 9.47 Å². The average molecular weight is 511 g/mol. The summed E-state index contributed by atoms with van der Waals surface area (Å²) in [6, 6.07) is 14.7. The maximum Gasteiger partial charge on any atom is 0.263 e. The monoisotopic (exact) mass is 510 g/mol. The van der Waals surface area contributed by atoms with Crippen molar-refractivity contribution in [3.63, 3.8) is 0 Å². The van der Waals surface area contributed by atoms with E-state index in [4.69, 9.17) is 20.2 Å². The fraction of sp³-hybridized carbons (Fsp3) is 0.414. The van der Waals surface area contributed by atoms with Crippen LogP contribution in [0.1, 0.15) is 59.7 Å². The Morgan fingerprint density at radius 2 is 1.89 bits per heavy atom. The number of aromatic amines is 2. The van der Waals surface area contributed by atoms with E-state index in [0.717, 1.165) is 67.8 Å². The van der Waals surface area contributed by atoms with E-state index in [1.165, 1.54) is 11.1 Å². The predicted octanol–water partition coefficient (Wildman–Crippen LogP) is 3.44. The number of hydrogen-bond donors (Lipinski definition) is 3. The molecule has 0 bridgehead atoms. The number of aromatic nitrogens is 4. The minimum Gasteiger partial charge on any atom is -0.467 e. The second-order valence-electron chi connectivity index (χ2n) is 11.4. The van der Waals surface area contributed by atoms with Crippen LogP contribution in [0.3, 0.4) is 0 Å². The lowest BCUT2D eigenvalue weighted by Crippen LogP contribution is -2.45. The molecule has 194 valence electrons. The van der Waals surface area contributed by atoms with Crippen LogP contribution in [0.5, 0.6) is 5.75 Å². The lowest BCUT2D eigenvalue weighted by atomic mass is 9.73. The number of nitrogens with one attached hydrogen (secondary N) is 2. The van der Waals surface area contributed by atoms with Gasteiger partial charge in [0.15, 0.2) is 12.4 Å². The van der Waals surface area contributed by atoms with Gasteiger partial charge in [0.2, 0.25) is 5.95 Å². The van der Waals surface area contributed by atoms with Gasteiger partial charge in [-0.2, -0.15) is 10.1 Å². The van der Waals surface area contributed by atoms with E-state index in [-0.39, 0.29) is 29.2 Å². The van der Waals surface area contributed by atoms with Crippen molar-refractivity contribution >= 4 is 17.0 Å². The summed E-state index contributed by atoms with van der Waals surface area (Å²) in [7, 11) is 0. The molecule has 2 fully saturated rings. The molecule has 2 aromatic carbocycles. The zero-order chi connectivity index (χ0) is 25.5. The molecule has 38 heavy (non-hydrogen) atoms. The summed E-state index contributed by atoms with van der Waals surface area (Å²) in [6.45, 7) is 2.37. The summed E-state index contributed by atoms with van der Waals surface area (Å²) in [4.78, 5) is 23.6. The van der Waals surface area contributed by atoms with Crippen LogP contribution in [0.15, 0.2) is 47.3 Å². The number of benzene rings is 2. The van der Waals surface area contributed by atoms with Gasteiger partial charge in [0.05, 0.1) is 12.3 Å². The molecular weight excluding hydrogens is 480 g/mol. The maximum absolute atomic E-state index is 13.5. The lowest BCUT2D eigenvalue weighted by molar-refractivity contribution is -0.0170. The van der Waals surface area contributed by atoms with Crippen LogP contribution in [-0.2, 0) is 23.2 Å². The minimum absolute atomic E-state index is 0.0553. The van der Waals surface area contributed by atoms with Crippen LogP contribution in [0, 0.1) is 5.41 Å². The predicted molar refractivity (Wildman–Crippen MR) is 142 cm³/mol. The van der Waals surface area contributed by atoms with Crippen LogP contribution >= 0.6 is 0 Å². The summed E-state index contributed by atoms with van der Waals surface area (Å²) >= 11 is 0. The van der Waals surface area contributed by atoms with Gasteiger partial charge in [-0.25, -0.2) is 0 Å². The molecule has 0 radical (unpaired) electrons. The Labute approximate surface area is 219 Å². The molecule has 1 spiro atoms. The van der Waals surface area contributed by atoms with Crippen molar-refractivity contribution in [3.05, 3.63) is 80.8 Å². The first-order chi connectivity index (χ1) is 18.6. The van der Waals surface area contributed by atoms with Gasteiger partial charge in [-0.1, -0.05) is 36.4 Å². The van der Waals surface area contributed by atoms with E-state index in [1.807, 2.05) is 12.1 Å². The molecule has 1 saturated carbocycles. The first-order valence-corrected chi connectivity index (χ1v) is 13.5. The van der Waals surface area contributed by atoms with E-state index in [1.54, 1.807) is 0 Å². The first kappa shape index (κ1) is 22.3. The van der Waals surface area contributed by atoms with Crippen molar-refractivity contribution in [2.45, 2.75) is 50.2 Å². The van der Waals surface area contributed by atoms with Gasteiger partial charge < -0.3 is 20.1 Å². The van der Waals surface area contributed by atoms with Crippen molar-refractivity contribution in [1.29, 1.82) is 0 Å². The van der Waals surface area contributed by atoms with E-state index in [9.17, 15) is 4.79 Å². The number of ether oxygens (including phenoxy) is 2. The highest BCUT2D eigenvalue weighted by Crippen LogP contribution is 2.56. The third kappa shape index (κ3) is 3.09. The molecule has 1 saturated heterocycles. The number of nitrogens with two attached hydrogens (primary N) is 1. The zero-order valence-corrected chi connectivity index (χ0v) is 21.1. The second-order valence-corrected chi connectivity index (χ2v) is 11.4. The molecule has 4 aliphatic rings. The van der Waals surface area contributed by atoms with Gasteiger partial charge in [0.25, 0.3) is 5.56 Å². The number of hydrogen-bond acceptors (Lipinski definition) is 7. The number of nitrogens with zero attached hydrogens (tertiary/aromatic N) is 3. The van der Waals surface area contributed by atoms with Gasteiger partial charge in [-0.3, -0.25) is 14.9 Å². The molecule has 0 unspecified atom stereocenters. The largest absolute Gasteiger partial charge is 0.467 e. The Bertz CT molecular complexity index is 1630. The SMILES string of the molecule is N[C@@H]1c2ccccc2CC12CCN(c1nc3[nH]nc(C4(c5cccc6c5COCO6)CC4)c3c(=O)[nH]1)CC2. The highest BCUT2D eigenvalue weighted by Gasteiger charge is 2.51. The number of anilines is 1. The summed E-state index contributed by atoms with van der Waals surface area (Å²) in [5.41, 5.74) is 12.5. The standard InChI is InChI=1S/C29H30N6O3/c30-23-18-5-2-1-4-17(18)14-28(23)10-12-35(13-11-28)27-31-25-22(26(36)32-27)24(33-34-25)29(8-9-29)20-6-3-7-21-19(20)15-37-16-38-21/h1-7,23H,8-16,30H2,(H2,31,32,33,34,36)/t23-/m1/s1. The highest BCUT2D eigenvalue weighted by molar-refractivity contribution is 5.81. The molecule has 4 aromatic rings. The number of piperidine rings is 1. The maximum atomic E-state index is 13.5. The molecule has 2 aliphatic carbocycles. The number of fused-ring (bicyclic) bond motifs is 3. The fourth-order valence-corrected chi connectivity index (χ4v) is 7.20. The summed E-state index contributed by atoms with van der Waals surface area (Å²) < 4.78 is 11.3. The van der Waals surface area contributed by atoms with Crippen LogP contribution in [0.4, 0.5) is 5.95 Å². The molecule has 9 heteroatoms. The Kier molecular flexibility index (Phi) is 4.64. The Balaban J connectivity index is 1.10. The van der Waals surface area contributed by atoms with Crippen LogP contribution < -0.4 is 20.9 Å². The quantitative estimate of drug-likeness (QED) is 0.386. The van der Waals surface area contributed by atoms with E-state index in [0.29, 0.717) is 23.6 Å². The molecule has 4 N–H and O–H groups in total. The smallest absolute Gasteiger partial charge is 0.263 e. The minimum atomic E-state index is -0.324. The van der Waals surface area contributed by atoms with Crippen molar-refractivity contribution in [2.75, 3.05) is 24.8 Å². The third-order valence-electron chi connectivity index (χ3n) is 9.46. The summed E-state index contributed by atoms with van der Waals surface area (Å²) in [5, 5.41) is 8.29. The normalized spacial score (nSPS) is 22.8. The van der Waals surface area contributed by atoms with Crippen LogP contribution in [-0.4, -0.2) is 40.0 Å². The molecule has 2 aromatic heterocycles. The van der Waals surface area contributed by atoms with Gasteiger partial charge in [0, 0.05) is 30.1 Å². The Hall–Kier alpha value is -3.69. The lowest BCUT2D eigenvalue weighted by Gasteiger charge is -2.42. The van der Waals surface area contributed by atoms with Gasteiger partial charge in [0.1, 0.15) is 11.1 Å². The second kappa shape index (κ2) is 7.91. The van der Waals surface area contributed by atoms with Gasteiger partial charge >= 0.3 is 0 Å². The topological polar surface area (TPSA) is 122 Å². The van der Waals surface area contributed by atoms with Crippen molar-refractivity contribution in [3.8, 4) is 5.75 Å². The molecule has 4 heterocycles. The first-order valence-electron chi connectivity index (χ1n) is 13.5.